The van der Waals surface area contributed by atoms with Crippen LogP contribution in [0.3, 0.4) is 0 Å². The number of carbonyl (C=O) groups excluding carboxylic acids is 1. The van der Waals surface area contributed by atoms with Crippen molar-refractivity contribution in [1.82, 2.24) is 10.3 Å². The van der Waals surface area contributed by atoms with Gasteiger partial charge in [0, 0.05) is 24.0 Å². The molecule has 20 heavy (non-hydrogen) atoms. The van der Waals surface area contributed by atoms with Crippen molar-refractivity contribution in [3.63, 3.8) is 0 Å². The zero-order chi connectivity index (χ0) is 14.1. The van der Waals surface area contributed by atoms with Gasteiger partial charge in [0.05, 0.1) is 12.1 Å². The molecule has 1 amide bonds. The molecule has 0 aliphatic carbocycles. The second-order valence-electron chi connectivity index (χ2n) is 4.68. The van der Waals surface area contributed by atoms with Crippen LogP contribution in [0.2, 0.25) is 0 Å². The van der Waals surface area contributed by atoms with E-state index >= 15 is 0 Å². The first kappa shape index (κ1) is 12.8. The summed E-state index contributed by atoms with van der Waals surface area (Å²) in [5.41, 5.74) is 7.44. The van der Waals surface area contributed by atoms with E-state index in [-0.39, 0.29) is 5.91 Å². The number of para-hydroxylation sites is 1. The number of fused-ring (bicyclic) bond motifs is 1. The number of benzene rings is 1. The van der Waals surface area contributed by atoms with Gasteiger partial charge in [-0.1, -0.05) is 30.4 Å². The summed E-state index contributed by atoms with van der Waals surface area (Å²) in [5, 5.41) is 3.73. The summed E-state index contributed by atoms with van der Waals surface area (Å²) in [6, 6.07) is 9.59. The monoisotopic (exact) mass is 286 g/mol. The van der Waals surface area contributed by atoms with Crippen molar-refractivity contribution >= 4 is 39.8 Å². The van der Waals surface area contributed by atoms with Gasteiger partial charge in [-0.15, -0.1) is 0 Å². The van der Waals surface area contributed by atoms with Crippen LogP contribution in [0.15, 0.2) is 30.3 Å². The lowest BCUT2D eigenvalue weighted by Gasteiger charge is -2.28. The van der Waals surface area contributed by atoms with Gasteiger partial charge in [-0.2, -0.15) is 0 Å². The minimum Gasteiger partial charge on any atom is -0.389 e. The number of rotatable bonds is 2. The molecule has 6 heteroatoms. The Morgan fingerprint density at radius 1 is 1.40 bits per heavy atom. The first-order valence-electron chi connectivity index (χ1n) is 6.36. The molecule has 0 spiro atoms. The molecule has 3 rings (SSSR count). The van der Waals surface area contributed by atoms with Gasteiger partial charge >= 0.3 is 0 Å². The molecule has 0 atom stereocenters. The Morgan fingerprint density at radius 3 is 2.95 bits per heavy atom. The maximum Gasteiger partial charge on any atom is 0.239 e. The molecule has 1 aliphatic heterocycles. The number of pyridine rings is 1. The topological polar surface area (TPSA) is 71.2 Å². The van der Waals surface area contributed by atoms with E-state index in [4.69, 9.17) is 18.0 Å². The summed E-state index contributed by atoms with van der Waals surface area (Å²) in [5.74, 6) is 0.740. The van der Waals surface area contributed by atoms with Crippen LogP contribution in [-0.4, -0.2) is 35.5 Å². The van der Waals surface area contributed by atoms with Gasteiger partial charge in [-0.25, -0.2) is 4.98 Å². The molecule has 1 aromatic heterocycles. The fourth-order valence-electron chi connectivity index (χ4n) is 2.36. The van der Waals surface area contributed by atoms with Gasteiger partial charge in [0.2, 0.25) is 5.91 Å². The molecule has 0 unspecified atom stereocenters. The van der Waals surface area contributed by atoms with Crippen molar-refractivity contribution in [3.05, 3.63) is 35.9 Å². The number of amides is 1. The van der Waals surface area contributed by atoms with E-state index in [9.17, 15) is 4.79 Å². The van der Waals surface area contributed by atoms with E-state index in [0.29, 0.717) is 18.1 Å². The number of aromatic nitrogens is 1. The molecule has 5 nitrogen and oxygen atoms in total. The number of piperazine rings is 1. The van der Waals surface area contributed by atoms with E-state index in [1.165, 1.54) is 0 Å². The lowest BCUT2D eigenvalue weighted by molar-refractivity contribution is -0.120. The summed E-state index contributed by atoms with van der Waals surface area (Å²) >= 11 is 5.13. The third-order valence-corrected chi connectivity index (χ3v) is 3.55. The Bertz CT molecular complexity index is 701. The number of hydrogen-bond acceptors (Lipinski definition) is 4. The molecule has 1 fully saturated rings. The van der Waals surface area contributed by atoms with Crippen LogP contribution in [-0.2, 0) is 4.79 Å². The molecule has 1 aliphatic rings. The highest BCUT2D eigenvalue weighted by Gasteiger charge is 2.19. The van der Waals surface area contributed by atoms with Crippen LogP contribution in [0.1, 0.15) is 5.56 Å². The molecular formula is C14H14N4OS. The summed E-state index contributed by atoms with van der Waals surface area (Å²) < 4.78 is 0. The summed E-state index contributed by atoms with van der Waals surface area (Å²) in [6.45, 7) is 1.66. The highest BCUT2D eigenvalue weighted by Crippen LogP contribution is 2.23. The quantitative estimate of drug-likeness (QED) is 0.799. The highest BCUT2D eigenvalue weighted by molar-refractivity contribution is 7.80. The zero-order valence-electron chi connectivity index (χ0n) is 10.8. The molecular weight excluding hydrogens is 272 g/mol. The predicted octanol–water partition coefficient (Wildman–Crippen LogP) is 0.805. The average molecular weight is 286 g/mol. The summed E-state index contributed by atoms with van der Waals surface area (Å²) in [4.78, 5) is 18.4. The van der Waals surface area contributed by atoms with Gasteiger partial charge in [0.25, 0.3) is 0 Å². The Kier molecular flexibility index (Phi) is 3.23. The van der Waals surface area contributed by atoms with Crippen molar-refractivity contribution in [1.29, 1.82) is 0 Å². The van der Waals surface area contributed by atoms with E-state index in [2.05, 4.69) is 10.3 Å². The number of carbonyl (C=O) groups is 1. The van der Waals surface area contributed by atoms with Gasteiger partial charge < -0.3 is 16.0 Å². The number of nitrogens with zero attached hydrogens (tertiary/aromatic N) is 2. The molecule has 0 bridgehead atoms. The number of nitrogens with one attached hydrogen (secondary N) is 1. The lowest BCUT2D eigenvalue weighted by Crippen LogP contribution is -2.48. The SMILES string of the molecule is NC(=S)c1cc(N2CCNC(=O)C2)nc2ccccc12. The van der Waals surface area contributed by atoms with Crippen LogP contribution in [0.4, 0.5) is 5.82 Å². The average Bonchev–Trinajstić information content (AvgIpc) is 2.46. The van der Waals surface area contributed by atoms with E-state index in [0.717, 1.165) is 28.8 Å². The van der Waals surface area contributed by atoms with Crippen LogP contribution < -0.4 is 16.0 Å². The second-order valence-corrected chi connectivity index (χ2v) is 5.12. The minimum absolute atomic E-state index is 0.00286. The molecule has 0 radical (unpaired) electrons. The van der Waals surface area contributed by atoms with Crippen molar-refractivity contribution in [2.75, 3.05) is 24.5 Å². The molecule has 2 heterocycles. The fraction of sp³-hybridized carbons (Fsp3) is 0.214. The van der Waals surface area contributed by atoms with Gasteiger partial charge in [-0.05, 0) is 12.1 Å². The zero-order valence-corrected chi connectivity index (χ0v) is 11.6. The van der Waals surface area contributed by atoms with Gasteiger partial charge in [0.15, 0.2) is 0 Å². The molecule has 1 aromatic carbocycles. The number of hydrogen-bond donors (Lipinski definition) is 2. The smallest absolute Gasteiger partial charge is 0.239 e. The van der Waals surface area contributed by atoms with Crippen LogP contribution >= 0.6 is 12.2 Å². The largest absolute Gasteiger partial charge is 0.389 e. The molecule has 1 saturated heterocycles. The standard InChI is InChI=1S/C14H14N4OS/c15-14(20)10-7-12(18-6-5-16-13(19)8-18)17-11-4-2-1-3-9(10)11/h1-4,7H,5-6,8H2,(H2,15,20)(H,16,19). The van der Waals surface area contributed by atoms with Gasteiger partial charge in [-0.3, -0.25) is 4.79 Å². The van der Waals surface area contributed by atoms with Crippen molar-refractivity contribution in [2.24, 2.45) is 5.73 Å². The normalized spacial score (nSPS) is 15.2. The maximum absolute atomic E-state index is 11.5. The summed E-state index contributed by atoms with van der Waals surface area (Å²) in [6.07, 6.45) is 0. The van der Waals surface area contributed by atoms with Crippen LogP contribution in [0.25, 0.3) is 10.9 Å². The predicted molar refractivity (Wildman–Crippen MR) is 82.9 cm³/mol. The first-order chi connectivity index (χ1) is 9.65. The molecule has 102 valence electrons. The lowest BCUT2D eigenvalue weighted by atomic mass is 10.1. The Balaban J connectivity index is 2.12. The minimum atomic E-state index is 0.00286. The van der Waals surface area contributed by atoms with E-state index in [1.807, 2.05) is 35.2 Å². The number of anilines is 1. The second kappa shape index (κ2) is 5.05. The van der Waals surface area contributed by atoms with E-state index < -0.39 is 0 Å². The summed E-state index contributed by atoms with van der Waals surface area (Å²) in [7, 11) is 0. The fourth-order valence-corrected chi connectivity index (χ4v) is 2.53. The Morgan fingerprint density at radius 2 is 2.20 bits per heavy atom. The molecule has 2 aromatic rings. The third kappa shape index (κ3) is 2.30. The Hall–Kier alpha value is -2.21. The van der Waals surface area contributed by atoms with Crippen molar-refractivity contribution in [3.8, 4) is 0 Å². The van der Waals surface area contributed by atoms with E-state index in [1.54, 1.807) is 0 Å². The maximum atomic E-state index is 11.5. The number of thiocarbonyl (C=S) groups is 1. The Labute approximate surface area is 121 Å². The van der Waals surface area contributed by atoms with Crippen LogP contribution in [0, 0.1) is 0 Å². The molecule has 0 saturated carbocycles. The van der Waals surface area contributed by atoms with Crippen LogP contribution in [0.5, 0.6) is 0 Å². The molecule has 3 N–H and O–H groups in total. The number of nitrogens with two attached hydrogens (primary N) is 1. The first-order valence-corrected chi connectivity index (χ1v) is 6.77. The van der Waals surface area contributed by atoms with Crippen molar-refractivity contribution < 1.29 is 4.79 Å². The van der Waals surface area contributed by atoms with Gasteiger partial charge in [0.1, 0.15) is 10.8 Å². The third-order valence-electron chi connectivity index (χ3n) is 3.33. The van der Waals surface area contributed by atoms with Crippen molar-refractivity contribution in [2.45, 2.75) is 0 Å². The highest BCUT2D eigenvalue weighted by atomic mass is 32.1.